The van der Waals surface area contributed by atoms with Gasteiger partial charge >= 0.3 is 7.67 Å². The van der Waals surface area contributed by atoms with E-state index in [0.29, 0.717) is 57.4 Å². The summed E-state index contributed by atoms with van der Waals surface area (Å²) in [6.07, 6.45) is 5.38. The van der Waals surface area contributed by atoms with E-state index in [2.05, 4.69) is 48.4 Å². The molecule has 0 bridgehead atoms. The molecule has 1 aliphatic carbocycles. The smallest absolute Gasteiger partial charge is 0.343 e. The zero-order chi connectivity index (χ0) is 41.0. The summed E-state index contributed by atoms with van der Waals surface area (Å²) in [6.45, 7) is 10.9. The summed E-state index contributed by atoms with van der Waals surface area (Å²) in [5, 5.41) is 19.2. The first-order valence-electron chi connectivity index (χ1n) is 20.1. The van der Waals surface area contributed by atoms with Crippen LogP contribution in [0.25, 0.3) is 16.5 Å². The molecule has 6 aliphatic rings. The van der Waals surface area contributed by atoms with Crippen molar-refractivity contribution in [3.63, 3.8) is 0 Å². The number of alkyl halides is 2. The summed E-state index contributed by atoms with van der Waals surface area (Å²) in [4.78, 5) is 50.8. The van der Waals surface area contributed by atoms with E-state index in [1.807, 2.05) is 33.0 Å². The SMILES string of the molecule is CC(C)C[C@H]1C(=O)N2CCC[C@H]2[C@]2(O)O[C@](NC(=O)[C@@H]3C=C4c5cccc6[nH]c(Br)c(c56)C[C@H]4N(C)C3)(C(C)C)C(=O)N12.O=P1(N(CCCl)CCCl)NCCCO1. The minimum atomic E-state index is -2.84. The molecule has 1 unspecified atom stereocenters. The molecule has 7 atom stereocenters. The molecule has 2 aromatic rings. The number of piperazine rings is 1. The Hall–Kier alpha value is -2.04. The van der Waals surface area contributed by atoms with Crippen LogP contribution in [0, 0.1) is 17.8 Å². The Morgan fingerprint density at radius 3 is 2.56 bits per heavy atom. The zero-order valence-corrected chi connectivity index (χ0v) is 37.2. The molecule has 4 saturated heterocycles. The zero-order valence-electron chi connectivity index (χ0n) is 33.2. The third-order valence-electron chi connectivity index (χ3n) is 12.2. The molecule has 1 aromatic carbocycles. The molecule has 6 heterocycles. The normalized spacial score (nSPS) is 32.4. The van der Waals surface area contributed by atoms with Crippen LogP contribution in [0.1, 0.15) is 64.5 Å². The molecule has 0 radical (unpaired) electrons. The molecule has 57 heavy (non-hydrogen) atoms. The number of benzene rings is 1. The highest BCUT2D eigenvalue weighted by Gasteiger charge is 2.72. The van der Waals surface area contributed by atoms with Crippen molar-refractivity contribution in [1.82, 2.24) is 34.8 Å². The number of hydrogen-bond donors (Lipinski definition) is 4. The third kappa shape index (κ3) is 7.54. The number of nitrogens with one attached hydrogen (secondary N) is 3. The molecule has 1 aromatic heterocycles. The van der Waals surface area contributed by atoms with Crippen LogP contribution in [-0.2, 0) is 34.6 Å². The van der Waals surface area contributed by atoms with E-state index in [1.165, 1.54) is 15.8 Å². The van der Waals surface area contributed by atoms with Gasteiger partial charge in [-0.3, -0.25) is 33.5 Å². The number of rotatable bonds is 10. The lowest BCUT2D eigenvalue weighted by molar-refractivity contribution is -0.322. The molecule has 4 fully saturated rings. The van der Waals surface area contributed by atoms with Gasteiger partial charge in [0.15, 0.2) is 0 Å². The first-order valence-corrected chi connectivity index (χ1v) is 23.5. The van der Waals surface area contributed by atoms with E-state index in [0.717, 1.165) is 47.1 Å². The van der Waals surface area contributed by atoms with E-state index in [-0.39, 0.29) is 23.8 Å². The van der Waals surface area contributed by atoms with Gasteiger partial charge in [-0.1, -0.05) is 45.9 Å². The lowest BCUT2D eigenvalue weighted by Gasteiger charge is -2.49. The molecule has 14 nitrogen and oxygen atoms in total. The molecule has 0 saturated carbocycles. The number of amides is 3. The highest BCUT2D eigenvalue weighted by atomic mass is 79.9. The largest absolute Gasteiger partial charge is 0.349 e. The molecule has 0 spiro atoms. The number of nitrogens with zero attached hydrogens (tertiary/aromatic N) is 4. The second kappa shape index (κ2) is 16.8. The summed E-state index contributed by atoms with van der Waals surface area (Å²) in [5.74, 6) is -3.17. The van der Waals surface area contributed by atoms with Gasteiger partial charge in [0.05, 0.1) is 17.1 Å². The predicted molar refractivity (Wildman–Crippen MR) is 223 cm³/mol. The van der Waals surface area contributed by atoms with E-state index in [9.17, 15) is 24.1 Å². The maximum absolute atomic E-state index is 14.4. The van der Waals surface area contributed by atoms with E-state index in [4.69, 9.17) is 32.5 Å². The Labute approximate surface area is 353 Å². The number of H-pyrrole nitrogens is 1. The fraction of sp³-hybridized carbons (Fsp3) is 0.667. The van der Waals surface area contributed by atoms with Gasteiger partial charge < -0.3 is 24.8 Å². The van der Waals surface area contributed by atoms with Crippen molar-refractivity contribution in [3.05, 3.63) is 40.0 Å². The summed E-state index contributed by atoms with van der Waals surface area (Å²) in [6, 6.07) is 4.76. The summed E-state index contributed by atoms with van der Waals surface area (Å²) >= 11 is 14.9. The minimum absolute atomic E-state index is 0.104. The molecule has 5 aliphatic heterocycles. The summed E-state index contributed by atoms with van der Waals surface area (Å²) < 4.78 is 26.6. The summed E-state index contributed by atoms with van der Waals surface area (Å²) in [5.41, 5.74) is 2.68. The number of aliphatic hydroxyl groups is 1. The molecule has 4 N–H and O–H groups in total. The molecule has 3 amide bonds. The maximum Gasteiger partial charge on any atom is 0.343 e. The minimum Gasteiger partial charge on any atom is -0.349 e. The van der Waals surface area contributed by atoms with E-state index >= 15 is 0 Å². The standard InChI is InChI=1S/C32H40BrN5O5.C7H15Cl2N2O2P/c1-16(2)12-24-29(40)37-11-7-10-25(37)32(42)38(24)30(41)31(43-32,17(3)4)35-28(39)18-13-20-19-8-6-9-22-26(19)21(27(33)34-22)14-23(20)36(5)15-18;8-2-5-11(6-3-9)14(12)10-4-1-7-13-14/h6,8-9,13,16-18,23-25,34,42H,7,10-12,14-15H2,1-5H3,(H,35,39);1-7H2,(H,10,12)/t18-,23-,24+,25+,31-,32+;/m1./s1. The van der Waals surface area contributed by atoms with Crippen molar-refractivity contribution in [1.29, 1.82) is 0 Å². The molecule has 314 valence electrons. The Balaban J connectivity index is 0.000000301. The van der Waals surface area contributed by atoms with Crippen molar-refractivity contribution < 1.29 is 33.3 Å². The number of ether oxygens (including phenoxy) is 1. The highest BCUT2D eigenvalue weighted by Crippen LogP contribution is 2.50. The Morgan fingerprint density at radius 2 is 1.91 bits per heavy atom. The van der Waals surface area contributed by atoms with Gasteiger partial charge in [-0.25, -0.2) is 9.76 Å². The Morgan fingerprint density at radius 1 is 1.18 bits per heavy atom. The van der Waals surface area contributed by atoms with Crippen LogP contribution in [-0.4, -0.2) is 135 Å². The fourth-order valence-electron chi connectivity index (χ4n) is 9.43. The number of carbonyl (C=O) groups excluding carboxylic acids is 3. The van der Waals surface area contributed by atoms with Crippen LogP contribution >= 0.6 is 46.8 Å². The number of hydrogen-bond acceptors (Lipinski definition) is 8. The van der Waals surface area contributed by atoms with Crippen molar-refractivity contribution in [2.75, 3.05) is 58.1 Å². The van der Waals surface area contributed by atoms with Crippen molar-refractivity contribution in [3.8, 4) is 0 Å². The first-order chi connectivity index (χ1) is 27.1. The molecule has 8 rings (SSSR count). The average Bonchev–Trinajstić information content (AvgIpc) is 3.86. The van der Waals surface area contributed by atoms with Gasteiger partial charge in [0.25, 0.3) is 11.8 Å². The number of fused-ring (bicyclic) bond motifs is 5. The van der Waals surface area contributed by atoms with Crippen LogP contribution in [0.5, 0.6) is 0 Å². The monoisotopic (exact) mass is 913 g/mol. The van der Waals surface area contributed by atoms with Gasteiger partial charge in [-0.05, 0) is 83.8 Å². The number of aromatic nitrogens is 1. The van der Waals surface area contributed by atoms with E-state index < -0.39 is 49.1 Å². The molecular formula is C39H55BrCl2N7O7P. The highest BCUT2D eigenvalue weighted by molar-refractivity contribution is 9.10. The van der Waals surface area contributed by atoms with Crippen LogP contribution in [0.2, 0.25) is 0 Å². The summed E-state index contributed by atoms with van der Waals surface area (Å²) in [7, 11) is -0.816. The Bertz CT molecular complexity index is 1950. The molecular weight excluding hydrogens is 860 g/mol. The third-order valence-corrected chi connectivity index (χ3v) is 15.5. The van der Waals surface area contributed by atoms with E-state index in [1.54, 1.807) is 23.4 Å². The quantitative estimate of drug-likeness (QED) is 0.187. The van der Waals surface area contributed by atoms with Crippen molar-refractivity contribution >= 4 is 81.0 Å². The van der Waals surface area contributed by atoms with Crippen LogP contribution in [0.15, 0.2) is 28.9 Å². The lowest BCUT2D eigenvalue weighted by Crippen LogP contribution is -2.71. The molecule has 18 heteroatoms. The maximum atomic E-state index is 14.4. The van der Waals surface area contributed by atoms with Crippen molar-refractivity contribution in [2.24, 2.45) is 17.8 Å². The van der Waals surface area contributed by atoms with Gasteiger partial charge in [0.1, 0.15) is 12.1 Å². The lowest BCUT2D eigenvalue weighted by atomic mass is 9.79. The number of carbonyl (C=O) groups is 3. The first kappa shape index (κ1) is 43.1. The van der Waals surface area contributed by atoms with Crippen LogP contribution in [0.3, 0.4) is 0 Å². The second-order valence-corrected chi connectivity index (χ2v) is 20.4. The van der Waals surface area contributed by atoms with Gasteiger partial charge in [-0.15, -0.1) is 23.2 Å². The predicted octanol–water partition coefficient (Wildman–Crippen LogP) is 5.08. The van der Waals surface area contributed by atoms with Gasteiger partial charge in [0, 0.05) is 67.3 Å². The van der Waals surface area contributed by atoms with Gasteiger partial charge in [-0.2, -0.15) is 0 Å². The van der Waals surface area contributed by atoms with Gasteiger partial charge in [0.2, 0.25) is 17.5 Å². The van der Waals surface area contributed by atoms with Crippen molar-refractivity contribution in [2.45, 2.75) is 89.6 Å². The van der Waals surface area contributed by atoms with Crippen LogP contribution < -0.4 is 10.4 Å². The average molecular weight is 916 g/mol. The number of likely N-dealkylation sites (N-methyl/N-ethyl adjacent to an activating group) is 1. The number of aromatic amines is 1. The second-order valence-electron chi connectivity index (χ2n) is 16.6. The topological polar surface area (TPSA) is 160 Å². The Kier molecular flexibility index (Phi) is 12.7. The fourth-order valence-corrected chi connectivity index (χ4v) is 12.6. The number of halogens is 3. The van der Waals surface area contributed by atoms with Crippen LogP contribution in [0.4, 0.5) is 0 Å².